The number of carbonyl (C=O) groups excluding carboxylic acids is 3. The summed E-state index contributed by atoms with van der Waals surface area (Å²) in [4.78, 5) is 37.0. The molecule has 1 aliphatic heterocycles. The average molecular weight is 365 g/mol. The number of imide groups is 1. The molecular formula is C19H15N3O5. The van der Waals surface area contributed by atoms with Gasteiger partial charge in [0.05, 0.1) is 29.9 Å². The zero-order valence-electron chi connectivity index (χ0n) is 14.6. The number of nitrogens with one attached hydrogen (secondary N) is 1. The quantitative estimate of drug-likeness (QED) is 0.810. The van der Waals surface area contributed by atoms with Crippen LogP contribution in [-0.2, 0) is 4.79 Å². The largest absolute Gasteiger partial charge is 0.493 e. The van der Waals surface area contributed by atoms with E-state index in [0.717, 1.165) is 4.90 Å². The smallest absolute Gasteiger partial charge is 0.262 e. The lowest BCUT2D eigenvalue weighted by atomic mass is 10.1. The average Bonchev–Trinajstić information content (AvgIpc) is 2.90. The number of nitriles is 1. The first kappa shape index (κ1) is 17.9. The van der Waals surface area contributed by atoms with Crippen molar-refractivity contribution in [1.82, 2.24) is 4.90 Å². The summed E-state index contributed by atoms with van der Waals surface area (Å²) >= 11 is 0. The van der Waals surface area contributed by atoms with Crippen LogP contribution in [0.15, 0.2) is 36.4 Å². The minimum absolute atomic E-state index is 0.245. The summed E-state index contributed by atoms with van der Waals surface area (Å²) in [5.41, 5.74) is 1.34. The number of amides is 3. The molecule has 0 saturated heterocycles. The zero-order chi connectivity index (χ0) is 19.6. The fraction of sp³-hybridized carbons (Fsp3) is 0.158. The van der Waals surface area contributed by atoms with Crippen LogP contribution in [0.1, 0.15) is 26.3 Å². The van der Waals surface area contributed by atoms with Crippen molar-refractivity contribution in [3.05, 3.63) is 53.1 Å². The summed E-state index contributed by atoms with van der Waals surface area (Å²) in [5.74, 6) is -0.574. The highest BCUT2D eigenvalue weighted by Gasteiger charge is 2.32. The molecule has 0 aromatic heterocycles. The third kappa shape index (κ3) is 3.43. The van der Waals surface area contributed by atoms with Crippen LogP contribution in [0, 0.1) is 11.3 Å². The number of fused-ring (bicyclic) bond motifs is 1. The lowest BCUT2D eigenvalue weighted by Gasteiger charge is -2.11. The van der Waals surface area contributed by atoms with E-state index in [2.05, 4.69) is 5.32 Å². The van der Waals surface area contributed by atoms with E-state index in [1.165, 1.54) is 32.4 Å². The molecule has 1 aliphatic rings. The maximum atomic E-state index is 12.1. The highest BCUT2D eigenvalue weighted by Crippen LogP contribution is 2.28. The van der Waals surface area contributed by atoms with Crippen LogP contribution in [0.2, 0.25) is 0 Å². The number of ether oxygens (including phenoxy) is 2. The van der Waals surface area contributed by atoms with Gasteiger partial charge in [-0.3, -0.25) is 19.3 Å². The molecule has 0 spiro atoms. The molecule has 27 heavy (non-hydrogen) atoms. The van der Waals surface area contributed by atoms with Crippen LogP contribution < -0.4 is 14.8 Å². The molecular weight excluding hydrogens is 350 g/mol. The number of hydrogen-bond donors (Lipinski definition) is 1. The molecule has 0 bridgehead atoms. The molecule has 0 aliphatic carbocycles. The Morgan fingerprint density at radius 2 is 1.85 bits per heavy atom. The first-order valence-corrected chi connectivity index (χ1v) is 7.92. The van der Waals surface area contributed by atoms with Gasteiger partial charge in [-0.15, -0.1) is 0 Å². The SMILES string of the molecule is COc1cc(C#N)ccc1OCC(=O)Nc1ccc2c(c1)C(=O)N(C)C2=O. The summed E-state index contributed by atoms with van der Waals surface area (Å²) < 4.78 is 10.6. The molecule has 3 amide bonds. The minimum atomic E-state index is -0.452. The predicted octanol–water partition coefficient (Wildman–Crippen LogP) is 1.81. The number of anilines is 1. The number of nitrogens with zero attached hydrogens (tertiary/aromatic N) is 2. The van der Waals surface area contributed by atoms with Gasteiger partial charge in [-0.25, -0.2) is 0 Å². The monoisotopic (exact) mass is 365 g/mol. The third-order valence-electron chi connectivity index (χ3n) is 4.02. The molecule has 8 nitrogen and oxygen atoms in total. The summed E-state index contributed by atoms with van der Waals surface area (Å²) in [5, 5.41) is 11.5. The lowest BCUT2D eigenvalue weighted by Crippen LogP contribution is -2.24. The molecule has 3 rings (SSSR count). The van der Waals surface area contributed by atoms with E-state index in [1.807, 2.05) is 6.07 Å². The Bertz CT molecular complexity index is 993. The van der Waals surface area contributed by atoms with Crippen molar-refractivity contribution >= 4 is 23.4 Å². The number of carbonyl (C=O) groups is 3. The van der Waals surface area contributed by atoms with Crippen LogP contribution >= 0.6 is 0 Å². The second-order valence-electron chi connectivity index (χ2n) is 5.74. The molecule has 2 aromatic carbocycles. The van der Waals surface area contributed by atoms with Crippen molar-refractivity contribution in [1.29, 1.82) is 5.26 Å². The van der Waals surface area contributed by atoms with Gasteiger partial charge in [0.25, 0.3) is 17.7 Å². The highest BCUT2D eigenvalue weighted by molar-refractivity contribution is 6.21. The van der Waals surface area contributed by atoms with Gasteiger partial charge in [0.15, 0.2) is 18.1 Å². The Labute approximate surface area is 154 Å². The molecule has 0 atom stereocenters. The highest BCUT2D eigenvalue weighted by atomic mass is 16.5. The van der Waals surface area contributed by atoms with Gasteiger partial charge in [-0.05, 0) is 30.3 Å². The van der Waals surface area contributed by atoms with Crippen molar-refractivity contribution < 1.29 is 23.9 Å². The maximum Gasteiger partial charge on any atom is 0.262 e. The van der Waals surface area contributed by atoms with Crippen molar-refractivity contribution in [2.75, 3.05) is 26.1 Å². The van der Waals surface area contributed by atoms with Gasteiger partial charge in [0, 0.05) is 18.8 Å². The van der Waals surface area contributed by atoms with E-state index in [0.29, 0.717) is 28.3 Å². The summed E-state index contributed by atoms with van der Waals surface area (Å²) in [6.45, 7) is -0.299. The van der Waals surface area contributed by atoms with Crippen LogP contribution in [0.4, 0.5) is 5.69 Å². The molecule has 1 heterocycles. The van der Waals surface area contributed by atoms with E-state index in [4.69, 9.17) is 14.7 Å². The first-order valence-electron chi connectivity index (χ1n) is 7.92. The van der Waals surface area contributed by atoms with Gasteiger partial charge in [-0.2, -0.15) is 5.26 Å². The van der Waals surface area contributed by atoms with Gasteiger partial charge >= 0.3 is 0 Å². The predicted molar refractivity (Wildman–Crippen MR) is 94.7 cm³/mol. The number of benzene rings is 2. The minimum Gasteiger partial charge on any atom is -0.493 e. The number of hydrogen-bond acceptors (Lipinski definition) is 6. The standard InChI is InChI=1S/C19H15N3O5/c1-22-18(24)13-5-4-12(8-14(13)19(22)25)21-17(23)10-27-15-6-3-11(9-20)7-16(15)26-2/h3-8H,10H2,1-2H3,(H,21,23). The topological polar surface area (TPSA) is 109 Å². The second kappa shape index (κ2) is 7.17. The summed E-state index contributed by atoms with van der Waals surface area (Å²) in [6, 6.07) is 11.1. The Balaban J connectivity index is 1.67. The molecule has 0 radical (unpaired) electrons. The number of rotatable bonds is 5. The molecule has 2 aromatic rings. The molecule has 136 valence electrons. The van der Waals surface area contributed by atoms with Crippen LogP contribution in [-0.4, -0.2) is 43.4 Å². The van der Waals surface area contributed by atoms with Gasteiger partial charge in [0.1, 0.15) is 0 Å². The first-order chi connectivity index (χ1) is 12.9. The van der Waals surface area contributed by atoms with Crippen molar-refractivity contribution in [3.63, 3.8) is 0 Å². The summed E-state index contributed by atoms with van der Waals surface area (Å²) in [6.07, 6.45) is 0. The fourth-order valence-electron chi connectivity index (χ4n) is 2.64. The lowest BCUT2D eigenvalue weighted by molar-refractivity contribution is -0.118. The molecule has 0 saturated carbocycles. The Hall–Kier alpha value is -3.86. The normalized spacial score (nSPS) is 12.4. The van der Waals surface area contributed by atoms with E-state index in [1.54, 1.807) is 18.2 Å². The van der Waals surface area contributed by atoms with Crippen molar-refractivity contribution in [3.8, 4) is 17.6 Å². The summed E-state index contributed by atoms with van der Waals surface area (Å²) in [7, 11) is 2.84. The molecule has 0 fully saturated rings. The van der Waals surface area contributed by atoms with Gasteiger partial charge < -0.3 is 14.8 Å². The van der Waals surface area contributed by atoms with Crippen LogP contribution in [0.3, 0.4) is 0 Å². The van der Waals surface area contributed by atoms with E-state index in [-0.39, 0.29) is 18.1 Å². The Kier molecular flexibility index (Phi) is 4.77. The third-order valence-corrected chi connectivity index (χ3v) is 4.02. The Morgan fingerprint density at radius 1 is 1.11 bits per heavy atom. The zero-order valence-corrected chi connectivity index (χ0v) is 14.6. The van der Waals surface area contributed by atoms with Crippen LogP contribution in [0.25, 0.3) is 0 Å². The molecule has 0 unspecified atom stereocenters. The van der Waals surface area contributed by atoms with Crippen molar-refractivity contribution in [2.45, 2.75) is 0 Å². The molecule has 1 N–H and O–H groups in total. The number of methoxy groups -OCH3 is 1. The van der Waals surface area contributed by atoms with Crippen molar-refractivity contribution in [2.24, 2.45) is 0 Å². The second-order valence-corrected chi connectivity index (χ2v) is 5.74. The molecule has 8 heteroatoms. The maximum absolute atomic E-state index is 12.1. The van der Waals surface area contributed by atoms with E-state index >= 15 is 0 Å². The van der Waals surface area contributed by atoms with Crippen LogP contribution in [0.5, 0.6) is 11.5 Å². The van der Waals surface area contributed by atoms with Gasteiger partial charge in [-0.1, -0.05) is 0 Å². The fourth-order valence-corrected chi connectivity index (χ4v) is 2.64. The van der Waals surface area contributed by atoms with E-state index in [9.17, 15) is 14.4 Å². The van der Waals surface area contributed by atoms with Gasteiger partial charge in [0.2, 0.25) is 0 Å². The van der Waals surface area contributed by atoms with E-state index < -0.39 is 11.8 Å². The Morgan fingerprint density at radius 3 is 2.56 bits per heavy atom.